The number of aromatic nitrogens is 3. The molecule has 0 spiro atoms. The number of hydrogen-bond acceptors (Lipinski definition) is 4. The topological polar surface area (TPSA) is 85.8 Å². The number of nitrogens with two attached hydrogens (primary N) is 1. The predicted octanol–water partition coefficient (Wildman–Crippen LogP) is 4.16. The summed E-state index contributed by atoms with van der Waals surface area (Å²) in [5.41, 5.74) is 8.26. The molecule has 7 heteroatoms. The number of amides is 1. The van der Waals surface area contributed by atoms with Crippen molar-refractivity contribution in [3.8, 4) is 11.4 Å². The van der Waals surface area contributed by atoms with Crippen LogP contribution in [0.15, 0.2) is 42.5 Å². The molecule has 0 saturated carbocycles. The fourth-order valence-corrected chi connectivity index (χ4v) is 3.50. The Labute approximate surface area is 162 Å². The van der Waals surface area contributed by atoms with Crippen molar-refractivity contribution in [1.82, 2.24) is 14.8 Å². The van der Waals surface area contributed by atoms with Crippen LogP contribution in [0.4, 0.5) is 11.4 Å². The van der Waals surface area contributed by atoms with E-state index < -0.39 is 0 Å². The van der Waals surface area contributed by atoms with Gasteiger partial charge >= 0.3 is 0 Å². The fourth-order valence-electron chi connectivity index (χ4n) is 3.30. The van der Waals surface area contributed by atoms with Gasteiger partial charge in [-0.15, -0.1) is 10.2 Å². The van der Waals surface area contributed by atoms with Crippen LogP contribution in [0.5, 0.6) is 0 Å². The van der Waals surface area contributed by atoms with E-state index in [0.29, 0.717) is 22.0 Å². The first kappa shape index (κ1) is 17.5. The van der Waals surface area contributed by atoms with Gasteiger partial charge in [0.25, 0.3) is 5.91 Å². The van der Waals surface area contributed by atoms with Gasteiger partial charge in [0.2, 0.25) is 0 Å². The zero-order chi connectivity index (χ0) is 18.8. The van der Waals surface area contributed by atoms with Crippen molar-refractivity contribution in [3.63, 3.8) is 0 Å². The van der Waals surface area contributed by atoms with Gasteiger partial charge in [-0.05, 0) is 55.3 Å². The lowest BCUT2D eigenvalue weighted by Crippen LogP contribution is -2.12. The van der Waals surface area contributed by atoms with E-state index >= 15 is 0 Å². The molecular formula is C20H20ClN5O. The van der Waals surface area contributed by atoms with E-state index in [9.17, 15) is 4.79 Å². The zero-order valence-electron chi connectivity index (χ0n) is 14.8. The van der Waals surface area contributed by atoms with Gasteiger partial charge in [-0.25, -0.2) is 0 Å². The van der Waals surface area contributed by atoms with Crippen molar-refractivity contribution in [3.05, 3.63) is 58.9 Å². The number of anilines is 2. The molecule has 1 aliphatic heterocycles. The van der Waals surface area contributed by atoms with E-state index in [1.54, 1.807) is 36.4 Å². The lowest BCUT2D eigenvalue weighted by molar-refractivity contribution is 0.102. The van der Waals surface area contributed by atoms with E-state index in [4.69, 9.17) is 17.3 Å². The molecule has 1 amide bonds. The number of benzene rings is 2. The monoisotopic (exact) mass is 381 g/mol. The van der Waals surface area contributed by atoms with E-state index in [1.807, 2.05) is 6.07 Å². The number of carbonyl (C=O) groups is 1. The second-order valence-corrected chi connectivity index (χ2v) is 7.08. The third kappa shape index (κ3) is 3.66. The van der Waals surface area contributed by atoms with Crippen LogP contribution in [0.2, 0.25) is 5.02 Å². The van der Waals surface area contributed by atoms with Gasteiger partial charge in [-0.3, -0.25) is 4.79 Å². The molecule has 0 aliphatic carbocycles. The average Bonchev–Trinajstić information content (AvgIpc) is 2.91. The molecule has 0 fully saturated rings. The highest BCUT2D eigenvalue weighted by Gasteiger charge is 2.18. The molecule has 1 aliphatic rings. The standard InChI is InChI=1S/C20H20ClN5O/c21-17-10-9-15(23-20(27)13-5-7-14(22)8-6-13)12-16(17)19-25-24-18-4-2-1-3-11-26(18)19/h5-10,12H,1-4,11,22H2,(H,23,27). The maximum atomic E-state index is 12.5. The lowest BCUT2D eigenvalue weighted by Gasteiger charge is -2.11. The van der Waals surface area contributed by atoms with Gasteiger partial charge in [-0.1, -0.05) is 18.0 Å². The van der Waals surface area contributed by atoms with Crippen molar-refractivity contribution >= 4 is 28.9 Å². The van der Waals surface area contributed by atoms with Gasteiger partial charge in [0.15, 0.2) is 5.82 Å². The largest absolute Gasteiger partial charge is 0.399 e. The fraction of sp³-hybridized carbons (Fsp3) is 0.250. The minimum atomic E-state index is -0.205. The Kier molecular flexibility index (Phi) is 4.81. The van der Waals surface area contributed by atoms with E-state index in [2.05, 4.69) is 20.1 Å². The summed E-state index contributed by atoms with van der Waals surface area (Å²) in [7, 11) is 0. The number of hydrogen-bond donors (Lipinski definition) is 2. The summed E-state index contributed by atoms with van der Waals surface area (Å²) >= 11 is 6.43. The Morgan fingerprint density at radius 2 is 1.89 bits per heavy atom. The molecule has 4 rings (SSSR count). The molecule has 0 radical (unpaired) electrons. The highest BCUT2D eigenvalue weighted by molar-refractivity contribution is 6.33. The van der Waals surface area contributed by atoms with Crippen molar-refractivity contribution < 1.29 is 4.79 Å². The first-order valence-corrected chi connectivity index (χ1v) is 9.38. The third-order valence-electron chi connectivity index (χ3n) is 4.75. The molecule has 3 N–H and O–H groups in total. The number of nitrogen functional groups attached to an aromatic ring is 1. The predicted molar refractivity (Wildman–Crippen MR) is 107 cm³/mol. The van der Waals surface area contributed by atoms with E-state index in [0.717, 1.165) is 43.0 Å². The van der Waals surface area contributed by atoms with Crippen LogP contribution >= 0.6 is 11.6 Å². The number of halogens is 1. The molecule has 6 nitrogen and oxygen atoms in total. The van der Waals surface area contributed by atoms with Crippen LogP contribution in [-0.2, 0) is 13.0 Å². The first-order chi connectivity index (χ1) is 13.1. The Morgan fingerprint density at radius 1 is 1.07 bits per heavy atom. The van der Waals surface area contributed by atoms with E-state index in [1.165, 1.54) is 6.42 Å². The van der Waals surface area contributed by atoms with Crippen molar-refractivity contribution in [2.75, 3.05) is 11.1 Å². The maximum absolute atomic E-state index is 12.5. The molecule has 2 aromatic carbocycles. The van der Waals surface area contributed by atoms with E-state index in [-0.39, 0.29) is 5.91 Å². The summed E-state index contributed by atoms with van der Waals surface area (Å²) in [6, 6.07) is 12.2. The Hall–Kier alpha value is -2.86. The van der Waals surface area contributed by atoms with Gasteiger partial charge in [0, 0.05) is 35.5 Å². The van der Waals surface area contributed by atoms with Crippen molar-refractivity contribution in [2.24, 2.45) is 0 Å². The molecular weight excluding hydrogens is 362 g/mol. The molecule has 3 aromatic rings. The Morgan fingerprint density at radius 3 is 2.70 bits per heavy atom. The number of nitrogens with zero attached hydrogens (tertiary/aromatic N) is 3. The summed E-state index contributed by atoms with van der Waals surface area (Å²) < 4.78 is 2.14. The Bertz CT molecular complexity index is 981. The minimum absolute atomic E-state index is 0.205. The average molecular weight is 382 g/mol. The van der Waals surface area contributed by atoms with Crippen LogP contribution in [0.3, 0.4) is 0 Å². The number of nitrogens with one attached hydrogen (secondary N) is 1. The lowest BCUT2D eigenvalue weighted by atomic mass is 10.1. The van der Waals surface area contributed by atoms with Gasteiger partial charge in [0.05, 0.1) is 5.02 Å². The van der Waals surface area contributed by atoms with Crippen LogP contribution in [-0.4, -0.2) is 20.7 Å². The number of carbonyl (C=O) groups excluding carboxylic acids is 1. The van der Waals surface area contributed by atoms with Gasteiger partial charge in [-0.2, -0.15) is 0 Å². The molecule has 0 bridgehead atoms. The molecule has 138 valence electrons. The van der Waals surface area contributed by atoms with Crippen molar-refractivity contribution in [2.45, 2.75) is 32.2 Å². The van der Waals surface area contributed by atoms with Crippen molar-refractivity contribution in [1.29, 1.82) is 0 Å². The highest BCUT2D eigenvalue weighted by atomic mass is 35.5. The summed E-state index contributed by atoms with van der Waals surface area (Å²) in [5, 5.41) is 12.2. The summed E-state index contributed by atoms with van der Waals surface area (Å²) in [6.07, 6.45) is 4.35. The SMILES string of the molecule is Nc1ccc(C(=O)Nc2ccc(Cl)c(-c3nnc4n3CCCCC4)c2)cc1. The summed E-state index contributed by atoms with van der Waals surface area (Å²) in [4.78, 5) is 12.5. The van der Waals surface area contributed by atoms with Gasteiger partial charge < -0.3 is 15.6 Å². The van der Waals surface area contributed by atoms with Crippen LogP contribution in [0.1, 0.15) is 35.4 Å². The molecule has 1 aromatic heterocycles. The summed E-state index contributed by atoms with van der Waals surface area (Å²) in [5.74, 6) is 1.54. The highest BCUT2D eigenvalue weighted by Crippen LogP contribution is 2.31. The smallest absolute Gasteiger partial charge is 0.255 e. The quantitative estimate of drug-likeness (QED) is 0.667. The first-order valence-electron chi connectivity index (χ1n) is 9.01. The second-order valence-electron chi connectivity index (χ2n) is 6.67. The molecule has 0 atom stereocenters. The molecule has 27 heavy (non-hydrogen) atoms. The van der Waals surface area contributed by atoms with Crippen LogP contribution in [0.25, 0.3) is 11.4 Å². The van der Waals surface area contributed by atoms with Crippen LogP contribution < -0.4 is 11.1 Å². The number of fused-ring (bicyclic) bond motifs is 1. The number of rotatable bonds is 3. The molecule has 0 unspecified atom stereocenters. The second kappa shape index (κ2) is 7.40. The molecule has 2 heterocycles. The maximum Gasteiger partial charge on any atom is 0.255 e. The third-order valence-corrected chi connectivity index (χ3v) is 5.08. The van der Waals surface area contributed by atoms with Crippen LogP contribution in [0, 0.1) is 0 Å². The van der Waals surface area contributed by atoms with Gasteiger partial charge in [0.1, 0.15) is 5.82 Å². The molecule has 0 saturated heterocycles. The normalized spacial score (nSPS) is 13.7. The minimum Gasteiger partial charge on any atom is -0.399 e. The number of aryl methyl sites for hydroxylation is 1. The summed E-state index contributed by atoms with van der Waals surface area (Å²) in [6.45, 7) is 0.885. The zero-order valence-corrected chi connectivity index (χ0v) is 15.5. The Balaban J connectivity index is 1.63.